The smallest absolute Gasteiger partial charge is 0.277 e. The van der Waals surface area contributed by atoms with Gasteiger partial charge in [0.05, 0.1) is 6.07 Å². The number of rotatable bonds is 2. The normalized spacial score (nSPS) is 9.23. The van der Waals surface area contributed by atoms with Gasteiger partial charge in [-0.1, -0.05) is 23.1 Å². The van der Waals surface area contributed by atoms with Crippen LogP contribution in [-0.2, 0) is 0 Å². The lowest BCUT2D eigenvalue weighted by Crippen LogP contribution is -2.23. The zero-order valence-electron chi connectivity index (χ0n) is 6.26. The van der Waals surface area contributed by atoms with Gasteiger partial charge in [0, 0.05) is 0 Å². The SMILES string of the molecule is N#CCNC(=O)c1s[nH]c(=O)c1Cl. The number of nitrogens with one attached hydrogen (secondary N) is 2. The molecule has 0 fully saturated rings. The fraction of sp³-hybridized carbons (Fsp3) is 0.167. The molecule has 1 rings (SSSR count). The molecule has 0 bridgehead atoms. The Labute approximate surface area is 82.1 Å². The van der Waals surface area contributed by atoms with Gasteiger partial charge in [-0.15, -0.1) is 0 Å². The number of hydrogen-bond donors (Lipinski definition) is 2. The predicted molar refractivity (Wildman–Crippen MR) is 47.9 cm³/mol. The lowest BCUT2D eigenvalue weighted by Gasteiger charge is -1.95. The number of aromatic nitrogens is 1. The van der Waals surface area contributed by atoms with Crippen molar-refractivity contribution in [3.05, 3.63) is 20.3 Å². The number of aromatic amines is 1. The molecule has 1 aromatic rings. The van der Waals surface area contributed by atoms with Crippen LogP contribution in [0.4, 0.5) is 0 Å². The van der Waals surface area contributed by atoms with E-state index in [1.54, 1.807) is 6.07 Å². The van der Waals surface area contributed by atoms with E-state index in [1.807, 2.05) is 0 Å². The summed E-state index contributed by atoms with van der Waals surface area (Å²) in [4.78, 5) is 22.0. The summed E-state index contributed by atoms with van der Waals surface area (Å²) in [6.07, 6.45) is 0. The maximum absolute atomic E-state index is 11.1. The standard InChI is InChI=1S/C6H4ClN3O2S/c7-3-4(13-10-5(3)11)6(12)9-2-1-8/h2H2,(H,9,12)(H,10,11). The first-order valence-electron chi connectivity index (χ1n) is 3.19. The Kier molecular flexibility index (Phi) is 3.06. The fourth-order valence-corrected chi connectivity index (χ4v) is 1.59. The molecule has 1 amide bonds. The van der Waals surface area contributed by atoms with Gasteiger partial charge >= 0.3 is 0 Å². The van der Waals surface area contributed by atoms with Crippen molar-refractivity contribution in [3.63, 3.8) is 0 Å². The van der Waals surface area contributed by atoms with Crippen LogP contribution < -0.4 is 10.9 Å². The predicted octanol–water partition coefficient (Wildman–Crippen LogP) is 0.343. The quantitative estimate of drug-likeness (QED) is 0.701. The van der Waals surface area contributed by atoms with Gasteiger partial charge in [0.1, 0.15) is 16.4 Å². The van der Waals surface area contributed by atoms with Gasteiger partial charge in [-0.05, 0) is 0 Å². The summed E-state index contributed by atoms with van der Waals surface area (Å²) in [6.45, 7) is -0.110. The van der Waals surface area contributed by atoms with Crippen LogP contribution in [0, 0.1) is 11.3 Å². The second-order valence-electron chi connectivity index (χ2n) is 2.02. The van der Waals surface area contributed by atoms with Crippen LogP contribution in [0.3, 0.4) is 0 Å². The lowest BCUT2D eigenvalue weighted by atomic mass is 10.4. The van der Waals surface area contributed by atoms with Gasteiger partial charge in [-0.2, -0.15) is 5.26 Å². The minimum Gasteiger partial charge on any atom is -0.338 e. The summed E-state index contributed by atoms with van der Waals surface area (Å²) in [5.41, 5.74) is -0.492. The highest BCUT2D eigenvalue weighted by atomic mass is 35.5. The molecular weight excluding hydrogens is 214 g/mol. The summed E-state index contributed by atoms with van der Waals surface area (Å²) in [5, 5.41) is 10.3. The monoisotopic (exact) mass is 217 g/mol. The first-order valence-corrected chi connectivity index (χ1v) is 4.38. The van der Waals surface area contributed by atoms with Gasteiger partial charge in [0.2, 0.25) is 0 Å². The molecule has 0 atom stereocenters. The van der Waals surface area contributed by atoms with E-state index >= 15 is 0 Å². The molecule has 0 aliphatic rings. The van der Waals surface area contributed by atoms with Crippen LogP contribution in [0.15, 0.2) is 4.79 Å². The van der Waals surface area contributed by atoms with E-state index in [2.05, 4.69) is 9.69 Å². The van der Waals surface area contributed by atoms with Crippen LogP contribution in [0.1, 0.15) is 9.67 Å². The average Bonchev–Trinajstić information content (AvgIpc) is 2.44. The molecular formula is C6H4ClN3O2S. The molecule has 7 heteroatoms. The van der Waals surface area contributed by atoms with Crippen molar-refractivity contribution in [1.82, 2.24) is 9.69 Å². The highest BCUT2D eigenvalue weighted by molar-refractivity contribution is 7.08. The number of amides is 1. The Hall–Kier alpha value is -1.32. The number of hydrogen-bond acceptors (Lipinski definition) is 4. The topological polar surface area (TPSA) is 85.8 Å². The largest absolute Gasteiger partial charge is 0.338 e. The van der Waals surface area contributed by atoms with Gasteiger partial charge in [-0.25, -0.2) is 0 Å². The van der Waals surface area contributed by atoms with Crippen LogP contribution in [-0.4, -0.2) is 16.8 Å². The van der Waals surface area contributed by atoms with E-state index in [4.69, 9.17) is 16.9 Å². The zero-order chi connectivity index (χ0) is 9.84. The summed E-state index contributed by atoms with van der Waals surface area (Å²) in [5.74, 6) is -0.519. The third-order valence-corrected chi connectivity index (χ3v) is 2.53. The van der Waals surface area contributed by atoms with Crippen molar-refractivity contribution in [2.24, 2.45) is 0 Å². The second-order valence-corrected chi connectivity index (χ2v) is 3.21. The number of nitrogens with zero attached hydrogens (tertiary/aromatic N) is 1. The number of carbonyl (C=O) groups excluding carboxylic acids is 1. The molecule has 0 aliphatic heterocycles. The Morgan fingerprint density at radius 2 is 2.46 bits per heavy atom. The van der Waals surface area contributed by atoms with E-state index in [9.17, 15) is 9.59 Å². The first kappa shape index (κ1) is 9.77. The van der Waals surface area contributed by atoms with Crippen LogP contribution in [0.5, 0.6) is 0 Å². The molecule has 2 N–H and O–H groups in total. The van der Waals surface area contributed by atoms with E-state index in [-0.39, 0.29) is 16.4 Å². The molecule has 13 heavy (non-hydrogen) atoms. The molecule has 0 unspecified atom stereocenters. The molecule has 0 aliphatic carbocycles. The van der Waals surface area contributed by atoms with Crippen LogP contribution >= 0.6 is 23.1 Å². The number of H-pyrrole nitrogens is 1. The van der Waals surface area contributed by atoms with Gasteiger partial charge in [-0.3, -0.25) is 14.0 Å². The first-order chi connectivity index (χ1) is 6.16. The van der Waals surface area contributed by atoms with Crippen LogP contribution in [0.25, 0.3) is 0 Å². The number of nitriles is 1. The van der Waals surface area contributed by atoms with Gasteiger partial charge < -0.3 is 5.32 Å². The third kappa shape index (κ3) is 2.08. The molecule has 0 aromatic carbocycles. The maximum atomic E-state index is 11.1. The highest BCUT2D eigenvalue weighted by Gasteiger charge is 2.14. The van der Waals surface area contributed by atoms with Crippen molar-refractivity contribution in [2.75, 3.05) is 6.54 Å². The van der Waals surface area contributed by atoms with Crippen molar-refractivity contribution in [1.29, 1.82) is 5.26 Å². The molecule has 0 saturated heterocycles. The Balaban J connectivity index is 2.85. The van der Waals surface area contributed by atoms with Crippen molar-refractivity contribution >= 4 is 29.0 Å². The summed E-state index contributed by atoms with van der Waals surface area (Å²) in [7, 11) is 0. The molecule has 1 heterocycles. The maximum Gasteiger partial charge on any atom is 0.277 e. The van der Waals surface area contributed by atoms with Crippen LogP contribution in [0.2, 0.25) is 5.02 Å². The average molecular weight is 218 g/mol. The summed E-state index contributed by atoms with van der Waals surface area (Å²) in [6, 6.07) is 1.74. The third-order valence-electron chi connectivity index (χ3n) is 1.18. The molecule has 0 spiro atoms. The van der Waals surface area contributed by atoms with E-state index in [0.29, 0.717) is 0 Å². The van der Waals surface area contributed by atoms with E-state index < -0.39 is 11.5 Å². The van der Waals surface area contributed by atoms with Crippen molar-refractivity contribution in [2.45, 2.75) is 0 Å². The molecule has 68 valence electrons. The summed E-state index contributed by atoms with van der Waals surface area (Å²) >= 11 is 6.35. The Morgan fingerprint density at radius 1 is 1.77 bits per heavy atom. The van der Waals surface area contributed by atoms with E-state index in [1.165, 1.54) is 0 Å². The fourth-order valence-electron chi connectivity index (χ4n) is 0.636. The molecule has 5 nitrogen and oxygen atoms in total. The second kappa shape index (κ2) is 4.07. The highest BCUT2D eigenvalue weighted by Crippen LogP contribution is 2.13. The van der Waals surface area contributed by atoms with Gasteiger partial charge in [0.15, 0.2) is 0 Å². The molecule has 0 saturated carbocycles. The van der Waals surface area contributed by atoms with Crippen molar-refractivity contribution < 1.29 is 4.79 Å². The Morgan fingerprint density at radius 3 is 2.92 bits per heavy atom. The number of halogens is 1. The minimum absolute atomic E-state index is 0.0990. The summed E-state index contributed by atoms with van der Waals surface area (Å²) < 4.78 is 2.30. The minimum atomic E-state index is -0.519. The van der Waals surface area contributed by atoms with Gasteiger partial charge in [0.25, 0.3) is 11.5 Å². The van der Waals surface area contributed by atoms with Crippen molar-refractivity contribution in [3.8, 4) is 6.07 Å². The molecule has 0 radical (unpaired) electrons. The lowest BCUT2D eigenvalue weighted by molar-refractivity contribution is 0.0962. The zero-order valence-corrected chi connectivity index (χ0v) is 7.83. The molecule has 1 aromatic heterocycles. The van der Waals surface area contributed by atoms with E-state index in [0.717, 1.165) is 11.5 Å². The Bertz CT molecular complexity index is 416. The number of carbonyl (C=O) groups is 1.